The lowest BCUT2D eigenvalue weighted by molar-refractivity contribution is -0.116. The van der Waals surface area contributed by atoms with Crippen LogP contribution in [-0.2, 0) is 17.9 Å². The van der Waals surface area contributed by atoms with E-state index >= 15 is 0 Å². The van der Waals surface area contributed by atoms with Crippen LogP contribution >= 0.6 is 0 Å². The molecule has 0 aliphatic rings. The van der Waals surface area contributed by atoms with Crippen LogP contribution in [0.2, 0.25) is 0 Å². The molecule has 8 heteroatoms. The summed E-state index contributed by atoms with van der Waals surface area (Å²) in [4.78, 5) is 25.0. The maximum atomic E-state index is 12.7. The Kier molecular flexibility index (Phi) is 7.38. The van der Waals surface area contributed by atoms with Crippen LogP contribution in [0.25, 0.3) is 0 Å². The second-order valence-corrected chi connectivity index (χ2v) is 7.01. The van der Waals surface area contributed by atoms with E-state index in [1.165, 1.54) is 27.4 Å². The average Bonchev–Trinajstić information content (AvgIpc) is 2.79. The molecule has 0 unspecified atom stereocenters. The van der Waals surface area contributed by atoms with Crippen molar-refractivity contribution in [2.75, 3.05) is 26.6 Å². The van der Waals surface area contributed by atoms with Crippen molar-refractivity contribution in [3.63, 3.8) is 0 Å². The van der Waals surface area contributed by atoms with Crippen LogP contribution in [0.1, 0.15) is 11.3 Å². The Morgan fingerprint density at radius 3 is 2.19 bits per heavy atom. The molecule has 0 spiro atoms. The third-order valence-electron chi connectivity index (χ3n) is 4.81. The maximum absolute atomic E-state index is 12.7. The molecule has 3 aromatic rings. The second-order valence-electron chi connectivity index (χ2n) is 7.01. The van der Waals surface area contributed by atoms with E-state index in [1.807, 2.05) is 30.3 Å². The van der Waals surface area contributed by atoms with Crippen LogP contribution in [0.3, 0.4) is 0 Å². The number of rotatable bonds is 9. The predicted octanol–water partition coefficient (Wildman–Crippen LogP) is 3.40. The summed E-state index contributed by atoms with van der Waals surface area (Å²) >= 11 is 0. The Balaban J connectivity index is 1.75. The van der Waals surface area contributed by atoms with Crippen molar-refractivity contribution in [2.24, 2.45) is 0 Å². The van der Waals surface area contributed by atoms with E-state index in [0.29, 0.717) is 28.6 Å². The zero-order valence-electron chi connectivity index (χ0n) is 18.5. The Hall–Kier alpha value is -3.94. The number of methoxy groups -OCH3 is 3. The van der Waals surface area contributed by atoms with Crippen molar-refractivity contribution in [2.45, 2.75) is 20.1 Å². The number of nitrogens with zero attached hydrogens (tertiary/aromatic N) is 1. The summed E-state index contributed by atoms with van der Waals surface area (Å²) in [5, 5.41) is 2.82. The molecule has 0 fully saturated rings. The molecular weight excluding hydrogens is 412 g/mol. The third-order valence-corrected chi connectivity index (χ3v) is 4.81. The number of carbonyl (C=O) groups is 1. The fourth-order valence-corrected chi connectivity index (χ4v) is 3.17. The zero-order valence-corrected chi connectivity index (χ0v) is 18.5. The number of benzene rings is 2. The number of aryl methyl sites for hydroxylation is 1. The van der Waals surface area contributed by atoms with E-state index in [0.717, 1.165) is 5.56 Å². The molecule has 168 valence electrons. The maximum Gasteiger partial charge on any atom is 0.244 e. The zero-order chi connectivity index (χ0) is 23.1. The molecule has 32 heavy (non-hydrogen) atoms. The Morgan fingerprint density at radius 1 is 0.938 bits per heavy atom. The lowest BCUT2D eigenvalue weighted by Crippen LogP contribution is -2.22. The van der Waals surface area contributed by atoms with Crippen molar-refractivity contribution >= 4 is 11.6 Å². The van der Waals surface area contributed by atoms with Gasteiger partial charge >= 0.3 is 0 Å². The minimum atomic E-state index is -0.292. The SMILES string of the molecule is COc1cc(NC(=O)Cn2cc(OCc3ccccc3)c(=O)cc2C)cc(OC)c1OC. The summed E-state index contributed by atoms with van der Waals surface area (Å²) in [6, 6.07) is 14.3. The quantitative estimate of drug-likeness (QED) is 0.551. The second kappa shape index (κ2) is 10.4. The van der Waals surface area contributed by atoms with Gasteiger partial charge in [-0.2, -0.15) is 0 Å². The van der Waals surface area contributed by atoms with E-state index in [4.69, 9.17) is 18.9 Å². The molecule has 1 amide bonds. The number of pyridine rings is 1. The normalized spacial score (nSPS) is 10.4. The molecule has 8 nitrogen and oxygen atoms in total. The highest BCUT2D eigenvalue weighted by Crippen LogP contribution is 2.39. The van der Waals surface area contributed by atoms with Gasteiger partial charge in [-0.25, -0.2) is 0 Å². The fraction of sp³-hybridized carbons (Fsp3) is 0.250. The van der Waals surface area contributed by atoms with Crippen molar-refractivity contribution < 1.29 is 23.7 Å². The van der Waals surface area contributed by atoms with Crippen LogP contribution in [0.4, 0.5) is 5.69 Å². The van der Waals surface area contributed by atoms with E-state index < -0.39 is 0 Å². The number of hydrogen-bond donors (Lipinski definition) is 1. The molecule has 1 heterocycles. The standard InChI is InChI=1S/C24H26N2O6/c1-16-10-19(27)22(32-15-17-8-6-5-7-9-17)13-26(16)14-23(28)25-18-11-20(29-2)24(31-4)21(12-18)30-3/h5-13H,14-15H2,1-4H3,(H,25,28). The van der Waals surface area contributed by atoms with Gasteiger partial charge in [0.1, 0.15) is 13.2 Å². The van der Waals surface area contributed by atoms with Crippen molar-refractivity contribution in [3.05, 3.63) is 76.2 Å². The van der Waals surface area contributed by atoms with Crippen LogP contribution < -0.4 is 29.7 Å². The summed E-state index contributed by atoms with van der Waals surface area (Å²) in [5.74, 6) is 1.18. The highest BCUT2D eigenvalue weighted by molar-refractivity contribution is 5.91. The lowest BCUT2D eigenvalue weighted by Gasteiger charge is -2.16. The summed E-state index contributed by atoms with van der Waals surface area (Å²) in [7, 11) is 4.52. The van der Waals surface area contributed by atoms with E-state index in [2.05, 4.69) is 5.32 Å². The van der Waals surface area contributed by atoms with Gasteiger partial charge in [-0.15, -0.1) is 0 Å². The Morgan fingerprint density at radius 2 is 1.59 bits per heavy atom. The van der Waals surface area contributed by atoms with Gasteiger partial charge < -0.3 is 28.8 Å². The Labute approximate surface area is 186 Å². The number of hydrogen-bond acceptors (Lipinski definition) is 6. The first-order valence-electron chi connectivity index (χ1n) is 9.92. The first kappa shape index (κ1) is 22.7. The van der Waals surface area contributed by atoms with Gasteiger partial charge in [0.15, 0.2) is 17.2 Å². The highest BCUT2D eigenvalue weighted by Gasteiger charge is 2.15. The lowest BCUT2D eigenvalue weighted by atomic mass is 10.2. The molecule has 1 N–H and O–H groups in total. The molecule has 3 rings (SSSR count). The van der Waals surface area contributed by atoms with Crippen LogP contribution in [0.15, 0.2) is 59.5 Å². The largest absolute Gasteiger partial charge is 0.493 e. The molecule has 0 aliphatic carbocycles. The molecule has 0 saturated carbocycles. The molecular formula is C24H26N2O6. The summed E-state index contributed by atoms with van der Waals surface area (Å²) in [6.07, 6.45) is 1.55. The van der Waals surface area contributed by atoms with Crippen LogP contribution in [0, 0.1) is 6.92 Å². The van der Waals surface area contributed by atoms with Gasteiger partial charge in [-0.1, -0.05) is 30.3 Å². The number of nitrogens with one attached hydrogen (secondary N) is 1. The average molecular weight is 438 g/mol. The molecule has 0 aliphatic heterocycles. The van der Waals surface area contributed by atoms with E-state index in [9.17, 15) is 9.59 Å². The molecule has 0 bridgehead atoms. The predicted molar refractivity (Wildman–Crippen MR) is 121 cm³/mol. The number of ether oxygens (including phenoxy) is 4. The number of aromatic nitrogens is 1. The number of anilines is 1. The van der Waals surface area contributed by atoms with Crippen molar-refractivity contribution in [3.8, 4) is 23.0 Å². The summed E-state index contributed by atoms with van der Waals surface area (Å²) in [6.45, 7) is 2.01. The first-order chi connectivity index (χ1) is 15.4. The smallest absolute Gasteiger partial charge is 0.244 e. The van der Waals surface area contributed by atoms with Gasteiger partial charge in [0.2, 0.25) is 17.1 Å². The minimum absolute atomic E-state index is 0.00945. The molecule has 0 radical (unpaired) electrons. The number of amides is 1. The fourth-order valence-electron chi connectivity index (χ4n) is 3.17. The van der Waals surface area contributed by atoms with Crippen LogP contribution in [0.5, 0.6) is 23.0 Å². The molecule has 2 aromatic carbocycles. The van der Waals surface area contributed by atoms with Crippen molar-refractivity contribution in [1.82, 2.24) is 4.57 Å². The third kappa shape index (κ3) is 5.40. The topological polar surface area (TPSA) is 88.0 Å². The van der Waals surface area contributed by atoms with E-state index in [-0.39, 0.29) is 30.2 Å². The van der Waals surface area contributed by atoms with Gasteiger partial charge in [0.25, 0.3) is 0 Å². The van der Waals surface area contributed by atoms with Crippen molar-refractivity contribution in [1.29, 1.82) is 0 Å². The first-order valence-corrected chi connectivity index (χ1v) is 9.92. The van der Waals surface area contributed by atoms with E-state index in [1.54, 1.807) is 29.8 Å². The van der Waals surface area contributed by atoms with Gasteiger partial charge in [-0.05, 0) is 12.5 Å². The monoisotopic (exact) mass is 438 g/mol. The molecule has 0 saturated heterocycles. The van der Waals surface area contributed by atoms with Gasteiger partial charge in [0.05, 0.1) is 27.5 Å². The summed E-state index contributed by atoms with van der Waals surface area (Å²) in [5.41, 5.74) is 1.84. The minimum Gasteiger partial charge on any atom is -0.493 e. The Bertz CT molecular complexity index is 1120. The molecule has 0 atom stereocenters. The van der Waals surface area contributed by atoms with Gasteiger partial charge in [0, 0.05) is 29.6 Å². The summed E-state index contributed by atoms with van der Waals surface area (Å²) < 4.78 is 23.3. The highest BCUT2D eigenvalue weighted by atomic mass is 16.5. The number of carbonyl (C=O) groups excluding carboxylic acids is 1. The molecule has 1 aromatic heterocycles. The van der Waals surface area contributed by atoms with Gasteiger partial charge in [-0.3, -0.25) is 9.59 Å². The van der Waals surface area contributed by atoms with Crippen LogP contribution in [-0.4, -0.2) is 31.8 Å².